The SMILES string of the molecule is CC1COCC(=O)N1CC1CCCCN1. The maximum atomic E-state index is 11.7. The zero-order chi connectivity index (χ0) is 10.7. The van der Waals surface area contributed by atoms with Crippen LogP contribution < -0.4 is 5.32 Å². The van der Waals surface area contributed by atoms with E-state index < -0.39 is 0 Å². The number of amides is 1. The van der Waals surface area contributed by atoms with E-state index in [1.807, 2.05) is 4.90 Å². The lowest BCUT2D eigenvalue weighted by Crippen LogP contribution is -2.53. The van der Waals surface area contributed by atoms with Crippen LogP contribution in [-0.4, -0.2) is 49.2 Å². The number of ether oxygens (including phenoxy) is 1. The van der Waals surface area contributed by atoms with Crippen LogP contribution in [0.1, 0.15) is 26.2 Å². The van der Waals surface area contributed by atoms with Crippen molar-refractivity contribution in [2.75, 3.05) is 26.3 Å². The molecule has 0 aromatic carbocycles. The lowest BCUT2D eigenvalue weighted by molar-refractivity contribution is -0.147. The summed E-state index contributed by atoms with van der Waals surface area (Å²) in [6, 6.07) is 0.721. The van der Waals surface area contributed by atoms with Crippen molar-refractivity contribution in [1.29, 1.82) is 0 Å². The molecule has 2 unspecified atom stereocenters. The van der Waals surface area contributed by atoms with Crippen LogP contribution in [0.5, 0.6) is 0 Å². The molecule has 4 nitrogen and oxygen atoms in total. The van der Waals surface area contributed by atoms with Crippen LogP contribution in [0.25, 0.3) is 0 Å². The van der Waals surface area contributed by atoms with Crippen LogP contribution in [0.2, 0.25) is 0 Å². The van der Waals surface area contributed by atoms with Gasteiger partial charge in [-0.2, -0.15) is 0 Å². The molecule has 2 atom stereocenters. The van der Waals surface area contributed by atoms with Gasteiger partial charge in [-0.05, 0) is 26.3 Å². The standard InChI is InChI=1S/C11H20N2O2/c1-9-7-15-8-11(14)13(9)6-10-4-2-3-5-12-10/h9-10,12H,2-8H2,1H3. The summed E-state index contributed by atoms with van der Waals surface area (Å²) in [6.45, 7) is 4.94. The molecule has 2 aliphatic heterocycles. The normalized spacial score (nSPS) is 33.1. The number of nitrogens with one attached hydrogen (secondary N) is 1. The first kappa shape index (κ1) is 10.9. The molecule has 0 aliphatic carbocycles. The van der Waals surface area contributed by atoms with Gasteiger partial charge in [0.2, 0.25) is 5.91 Å². The van der Waals surface area contributed by atoms with Gasteiger partial charge in [0.05, 0.1) is 12.6 Å². The highest BCUT2D eigenvalue weighted by atomic mass is 16.5. The molecule has 2 heterocycles. The highest BCUT2D eigenvalue weighted by Crippen LogP contribution is 2.13. The van der Waals surface area contributed by atoms with Crippen molar-refractivity contribution < 1.29 is 9.53 Å². The van der Waals surface area contributed by atoms with E-state index in [0.717, 1.165) is 13.1 Å². The van der Waals surface area contributed by atoms with E-state index in [4.69, 9.17) is 4.74 Å². The fraction of sp³-hybridized carbons (Fsp3) is 0.909. The van der Waals surface area contributed by atoms with Crippen LogP contribution >= 0.6 is 0 Å². The summed E-state index contributed by atoms with van der Waals surface area (Å²) in [6.07, 6.45) is 3.74. The molecule has 2 saturated heterocycles. The number of morpholine rings is 1. The van der Waals surface area contributed by atoms with E-state index in [0.29, 0.717) is 12.6 Å². The van der Waals surface area contributed by atoms with Crippen molar-refractivity contribution in [2.24, 2.45) is 0 Å². The maximum Gasteiger partial charge on any atom is 0.248 e. The Morgan fingerprint density at radius 3 is 3.07 bits per heavy atom. The lowest BCUT2D eigenvalue weighted by atomic mass is 10.0. The van der Waals surface area contributed by atoms with Crippen molar-refractivity contribution in [3.63, 3.8) is 0 Å². The van der Waals surface area contributed by atoms with Crippen molar-refractivity contribution in [3.8, 4) is 0 Å². The maximum absolute atomic E-state index is 11.7. The molecule has 0 spiro atoms. The molecule has 0 aromatic heterocycles. The smallest absolute Gasteiger partial charge is 0.248 e. The Bertz CT molecular complexity index is 227. The Morgan fingerprint density at radius 1 is 1.53 bits per heavy atom. The fourth-order valence-corrected chi connectivity index (χ4v) is 2.33. The average molecular weight is 212 g/mol. The lowest BCUT2D eigenvalue weighted by Gasteiger charge is -2.37. The molecule has 86 valence electrons. The van der Waals surface area contributed by atoms with Crippen molar-refractivity contribution in [1.82, 2.24) is 10.2 Å². The van der Waals surface area contributed by atoms with E-state index in [2.05, 4.69) is 12.2 Å². The predicted octanol–water partition coefficient (Wildman–Crippen LogP) is 0.376. The van der Waals surface area contributed by atoms with Gasteiger partial charge in [-0.3, -0.25) is 4.79 Å². The van der Waals surface area contributed by atoms with E-state index in [1.165, 1.54) is 19.3 Å². The molecule has 0 radical (unpaired) electrons. The number of rotatable bonds is 2. The van der Waals surface area contributed by atoms with Gasteiger partial charge < -0.3 is 15.0 Å². The van der Waals surface area contributed by atoms with Crippen molar-refractivity contribution >= 4 is 5.91 Å². The molecule has 1 amide bonds. The number of carbonyl (C=O) groups is 1. The number of carbonyl (C=O) groups excluding carboxylic acids is 1. The van der Waals surface area contributed by atoms with E-state index in [9.17, 15) is 4.79 Å². The second kappa shape index (κ2) is 4.94. The Morgan fingerprint density at radius 2 is 2.40 bits per heavy atom. The molecule has 0 aromatic rings. The van der Waals surface area contributed by atoms with Gasteiger partial charge in [-0.1, -0.05) is 6.42 Å². The number of nitrogens with zero attached hydrogens (tertiary/aromatic N) is 1. The molecule has 15 heavy (non-hydrogen) atoms. The topological polar surface area (TPSA) is 41.6 Å². The van der Waals surface area contributed by atoms with Crippen LogP contribution in [0, 0.1) is 0 Å². The Labute approximate surface area is 91.0 Å². The predicted molar refractivity (Wildman–Crippen MR) is 57.6 cm³/mol. The van der Waals surface area contributed by atoms with E-state index in [-0.39, 0.29) is 18.6 Å². The van der Waals surface area contributed by atoms with Crippen LogP contribution in [0.3, 0.4) is 0 Å². The number of hydrogen-bond acceptors (Lipinski definition) is 3. The van der Waals surface area contributed by atoms with Gasteiger partial charge in [0.1, 0.15) is 6.61 Å². The third-order valence-corrected chi connectivity index (χ3v) is 3.27. The summed E-state index contributed by atoms with van der Waals surface area (Å²) in [7, 11) is 0. The first-order chi connectivity index (χ1) is 7.27. The summed E-state index contributed by atoms with van der Waals surface area (Å²) in [4.78, 5) is 13.6. The molecule has 1 N–H and O–H groups in total. The largest absolute Gasteiger partial charge is 0.370 e. The van der Waals surface area contributed by atoms with Gasteiger partial charge in [-0.25, -0.2) is 0 Å². The second-order valence-corrected chi connectivity index (χ2v) is 4.56. The zero-order valence-electron chi connectivity index (χ0n) is 9.37. The average Bonchev–Trinajstić information content (AvgIpc) is 2.25. The highest BCUT2D eigenvalue weighted by molar-refractivity contribution is 5.78. The van der Waals surface area contributed by atoms with Gasteiger partial charge in [0.25, 0.3) is 0 Å². The number of piperidine rings is 1. The Balaban J connectivity index is 1.87. The first-order valence-electron chi connectivity index (χ1n) is 5.88. The monoisotopic (exact) mass is 212 g/mol. The molecule has 4 heteroatoms. The Hall–Kier alpha value is -0.610. The Kier molecular flexibility index (Phi) is 3.59. The minimum absolute atomic E-state index is 0.140. The molecule has 0 saturated carbocycles. The minimum atomic E-state index is 0.140. The number of hydrogen-bond donors (Lipinski definition) is 1. The third-order valence-electron chi connectivity index (χ3n) is 3.27. The summed E-state index contributed by atoms with van der Waals surface area (Å²) in [5.41, 5.74) is 0. The van der Waals surface area contributed by atoms with Gasteiger partial charge in [0, 0.05) is 12.6 Å². The molecule has 0 bridgehead atoms. The molecule has 2 rings (SSSR count). The van der Waals surface area contributed by atoms with Crippen LogP contribution in [0.4, 0.5) is 0 Å². The van der Waals surface area contributed by atoms with E-state index >= 15 is 0 Å². The van der Waals surface area contributed by atoms with Gasteiger partial charge in [0.15, 0.2) is 0 Å². The zero-order valence-corrected chi connectivity index (χ0v) is 9.37. The van der Waals surface area contributed by atoms with Crippen LogP contribution in [-0.2, 0) is 9.53 Å². The highest BCUT2D eigenvalue weighted by Gasteiger charge is 2.27. The summed E-state index contributed by atoms with van der Waals surface area (Å²) >= 11 is 0. The van der Waals surface area contributed by atoms with Crippen molar-refractivity contribution in [3.05, 3.63) is 0 Å². The molecular weight excluding hydrogens is 192 g/mol. The van der Waals surface area contributed by atoms with Crippen molar-refractivity contribution in [2.45, 2.75) is 38.3 Å². The molecule has 2 aliphatic rings. The first-order valence-corrected chi connectivity index (χ1v) is 5.88. The van der Waals surface area contributed by atoms with E-state index in [1.54, 1.807) is 0 Å². The van der Waals surface area contributed by atoms with Gasteiger partial charge >= 0.3 is 0 Å². The minimum Gasteiger partial charge on any atom is -0.370 e. The summed E-state index contributed by atoms with van der Waals surface area (Å²) < 4.78 is 5.20. The molecule has 2 fully saturated rings. The second-order valence-electron chi connectivity index (χ2n) is 4.56. The van der Waals surface area contributed by atoms with Gasteiger partial charge in [-0.15, -0.1) is 0 Å². The summed E-state index contributed by atoms with van der Waals surface area (Å²) in [5, 5.41) is 3.47. The van der Waals surface area contributed by atoms with Crippen LogP contribution in [0.15, 0.2) is 0 Å². The summed E-state index contributed by atoms with van der Waals surface area (Å²) in [5.74, 6) is 0.140. The molecular formula is C11H20N2O2. The fourth-order valence-electron chi connectivity index (χ4n) is 2.33. The third kappa shape index (κ3) is 2.69. The quantitative estimate of drug-likeness (QED) is 0.719.